The number of ether oxygens (including phenoxy) is 3. The molecule has 1 aromatic carbocycles. The van der Waals surface area contributed by atoms with Crippen molar-refractivity contribution < 1.29 is 32.2 Å². The molecule has 26 heavy (non-hydrogen) atoms. The largest absolute Gasteiger partial charge is 0.463 e. The fourth-order valence-corrected chi connectivity index (χ4v) is 3.64. The van der Waals surface area contributed by atoms with E-state index in [2.05, 4.69) is 4.74 Å². The van der Waals surface area contributed by atoms with E-state index in [0.29, 0.717) is 31.9 Å². The number of nitrogens with zero attached hydrogens (tertiary/aromatic N) is 1. The number of carbonyl (C=O) groups is 2. The lowest BCUT2D eigenvalue weighted by molar-refractivity contribution is -0.155. The van der Waals surface area contributed by atoms with Crippen molar-refractivity contribution in [2.75, 3.05) is 39.5 Å². The Hall–Kier alpha value is -2.23. The highest BCUT2D eigenvalue weighted by Gasteiger charge is 2.25. The average molecular weight is 383 g/mol. The third-order valence-corrected chi connectivity index (χ3v) is 5.45. The quantitative estimate of drug-likeness (QED) is 0.508. The Kier molecular flexibility index (Phi) is 7.31. The maximum Gasteiger partial charge on any atom is 0.344 e. The van der Waals surface area contributed by atoms with Gasteiger partial charge >= 0.3 is 11.9 Å². The molecule has 0 amide bonds. The van der Waals surface area contributed by atoms with Crippen LogP contribution < -0.4 is 0 Å². The minimum atomic E-state index is -3.55. The van der Waals surface area contributed by atoms with Crippen LogP contribution in [0.5, 0.6) is 0 Å². The molecule has 1 fully saturated rings. The van der Waals surface area contributed by atoms with Crippen LogP contribution in [0.1, 0.15) is 12.5 Å². The number of sulfonamides is 1. The molecule has 1 saturated heterocycles. The van der Waals surface area contributed by atoms with Gasteiger partial charge in [-0.3, -0.25) is 0 Å². The van der Waals surface area contributed by atoms with E-state index in [1.54, 1.807) is 19.1 Å². The van der Waals surface area contributed by atoms with Gasteiger partial charge in [-0.25, -0.2) is 18.0 Å². The molecule has 8 nitrogen and oxygen atoms in total. The van der Waals surface area contributed by atoms with Gasteiger partial charge in [0, 0.05) is 19.2 Å². The zero-order valence-electron chi connectivity index (χ0n) is 14.4. The topological polar surface area (TPSA) is 99.2 Å². The van der Waals surface area contributed by atoms with Gasteiger partial charge in [-0.15, -0.1) is 0 Å². The molecule has 0 N–H and O–H groups in total. The number of hydrogen-bond donors (Lipinski definition) is 0. The summed E-state index contributed by atoms with van der Waals surface area (Å²) >= 11 is 0. The van der Waals surface area contributed by atoms with Crippen LogP contribution in [0, 0.1) is 0 Å². The number of hydrogen-bond acceptors (Lipinski definition) is 7. The van der Waals surface area contributed by atoms with E-state index in [4.69, 9.17) is 9.47 Å². The number of esters is 2. The van der Waals surface area contributed by atoms with Crippen LogP contribution in [-0.4, -0.2) is 64.2 Å². The maximum atomic E-state index is 12.5. The summed E-state index contributed by atoms with van der Waals surface area (Å²) in [5.41, 5.74) is 0.624. The fraction of sp³-hybridized carbons (Fsp3) is 0.412. The molecule has 0 atom stereocenters. The first kappa shape index (κ1) is 20.1. The Balaban J connectivity index is 1.94. The lowest BCUT2D eigenvalue weighted by atomic mass is 10.2. The smallest absolute Gasteiger partial charge is 0.344 e. The number of carbonyl (C=O) groups excluding carboxylic acids is 2. The Morgan fingerprint density at radius 1 is 1.15 bits per heavy atom. The maximum absolute atomic E-state index is 12.5. The van der Waals surface area contributed by atoms with E-state index in [1.807, 2.05) is 0 Å². The monoisotopic (exact) mass is 383 g/mol. The Morgan fingerprint density at radius 2 is 1.81 bits per heavy atom. The highest BCUT2D eigenvalue weighted by atomic mass is 32.2. The van der Waals surface area contributed by atoms with Crippen molar-refractivity contribution in [3.63, 3.8) is 0 Å². The van der Waals surface area contributed by atoms with Crippen molar-refractivity contribution in [2.24, 2.45) is 0 Å². The summed E-state index contributed by atoms with van der Waals surface area (Å²) in [6, 6.07) is 6.13. The number of morpholine rings is 1. The summed E-state index contributed by atoms with van der Waals surface area (Å²) in [6.45, 7) is 2.84. The van der Waals surface area contributed by atoms with E-state index in [9.17, 15) is 18.0 Å². The molecule has 0 saturated carbocycles. The minimum absolute atomic E-state index is 0.182. The van der Waals surface area contributed by atoms with Gasteiger partial charge < -0.3 is 14.2 Å². The Labute approximate surface area is 152 Å². The third kappa shape index (κ3) is 5.65. The standard InChI is InChI=1S/C17H21NO7S/c1-2-24-17(20)13-25-16(19)8-5-14-3-6-15(7-4-14)26(21,22)18-9-11-23-12-10-18/h3-8H,2,9-13H2,1H3/b8-5+. The molecule has 1 aliphatic rings. The van der Waals surface area contributed by atoms with Crippen LogP contribution in [0.2, 0.25) is 0 Å². The first-order chi connectivity index (χ1) is 12.4. The van der Waals surface area contributed by atoms with Crippen LogP contribution in [0.15, 0.2) is 35.2 Å². The molecule has 1 aliphatic heterocycles. The molecule has 0 aromatic heterocycles. The summed E-state index contributed by atoms with van der Waals surface area (Å²) in [5, 5.41) is 0. The molecule has 0 spiro atoms. The van der Waals surface area contributed by atoms with Crippen LogP contribution in [0.4, 0.5) is 0 Å². The van der Waals surface area contributed by atoms with Gasteiger partial charge in [-0.2, -0.15) is 4.31 Å². The van der Waals surface area contributed by atoms with Gasteiger partial charge in [-0.05, 0) is 30.7 Å². The van der Waals surface area contributed by atoms with Crippen LogP contribution in [0.3, 0.4) is 0 Å². The summed E-state index contributed by atoms with van der Waals surface area (Å²) < 4.78 is 40.9. The number of benzene rings is 1. The first-order valence-corrected chi connectivity index (χ1v) is 9.56. The lowest BCUT2D eigenvalue weighted by Crippen LogP contribution is -2.40. The van der Waals surface area contributed by atoms with E-state index >= 15 is 0 Å². The van der Waals surface area contributed by atoms with Crippen molar-refractivity contribution in [3.8, 4) is 0 Å². The number of rotatable bonds is 7. The second-order valence-electron chi connectivity index (χ2n) is 5.33. The van der Waals surface area contributed by atoms with Gasteiger partial charge in [0.25, 0.3) is 0 Å². The zero-order valence-corrected chi connectivity index (χ0v) is 15.2. The molecule has 1 aromatic rings. The molecule has 0 aliphatic carbocycles. The molecule has 2 rings (SSSR count). The van der Waals surface area contributed by atoms with Crippen LogP contribution in [0.25, 0.3) is 6.08 Å². The minimum Gasteiger partial charge on any atom is -0.463 e. The first-order valence-electron chi connectivity index (χ1n) is 8.12. The summed E-state index contributed by atoms with van der Waals surface area (Å²) in [4.78, 5) is 22.8. The third-order valence-electron chi connectivity index (χ3n) is 3.54. The summed E-state index contributed by atoms with van der Waals surface area (Å²) in [5.74, 6) is -1.31. The highest BCUT2D eigenvalue weighted by Crippen LogP contribution is 2.18. The van der Waals surface area contributed by atoms with E-state index < -0.39 is 28.6 Å². The van der Waals surface area contributed by atoms with Crippen molar-refractivity contribution >= 4 is 28.0 Å². The molecular formula is C17H21NO7S. The summed E-state index contributed by atoms with van der Waals surface area (Å²) in [7, 11) is -3.55. The average Bonchev–Trinajstić information content (AvgIpc) is 2.66. The zero-order chi connectivity index (χ0) is 19.0. The predicted molar refractivity (Wildman–Crippen MR) is 92.6 cm³/mol. The molecule has 0 radical (unpaired) electrons. The molecule has 1 heterocycles. The van der Waals surface area contributed by atoms with Crippen LogP contribution >= 0.6 is 0 Å². The lowest BCUT2D eigenvalue weighted by Gasteiger charge is -2.26. The molecule has 142 valence electrons. The van der Waals surface area contributed by atoms with Crippen molar-refractivity contribution in [2.45, 2.75) is 11.8 Å². The molecule has 0 unspecified atom stereocenters. The van der Waals surface area contributed by atoms with Crippen molar-refractivity contribution in [1.82, 2.24) is 4.31 Å². The molecule has 9 heteroatoms. The Morgan fingerprint density at radius 3 is 2.42 bits per heavy atom. The van der Waals surface area contributed by atoms with E-state index in [-0.39, 0.29) is 11.5 Å². The molecular weight excluding hydrogens is 362 g/mol. The van der Waals surface area contributed by atoms with Gasteiger partial charge in [0.1, 0.15) is 0 Å². The van der Waals surface area contributed by atoms with Gasteiger partial charge in [-0.1, -0.05) is 12.1 Å². The van der Waals surface area contributed by atoms with E-state index in [1.165, 1.54) is 22.5 Å². The SMILES string of the molecule is CCOC(=O)COC(=O)/C=C/c1ccc(S(=O)(=O)N2CCOCC2)cc1. The Bertz CT molecular complexity index is 750. The van der Waals surface area contributed by atoms with Gasteiger partial charge in [0.15, 0.2) is 6.61 Å². The van der Waals surface area contributed by atoms with Gasteiger partial charge in [0.05, 0.1) is 24.7 Å². The van der Waals surface area contributed by atoms with Crippen molar-refractivity contribution in [3.05, 3.63) is 35.9 Å². The second-order valence-corrected chi connectivity index (χ2v) is 7.27. The second kappa shape index (κ2) is 9.46. The van der Waals surface area contributed by atoms with Crippen LogP contribution in [-0.2, 0) is 33.8 Å². The predicted octanol–water partition coefficient (Wildman–Crippen LogP) is 0.827. The van der Waals surface area contributed by atoms with Gasteiger partial charge in [0.2, 0.25) is 10.0 Å². The highest BCUT2D eigenvalue weighted by molar-refractivity contribution is 7.89. The summed E-state index contributed by atoms with van der Waals surface area (Å²) in [6.07, 6.45) is 2.63. The normalized spacial score (nSPS) is 15.7. The molecule has 0 bridgehead atoms. The van der Waals surface area contributed by atoms with Crippen molar-refractivity contribution in [1.29, 1.82) is 0 Å². The van der Waals surface area contributed by atoms with E-state index in [0.717, 1.165) is 6.08 Å². The fourth-order valence-electron chi connectivity index (χ4n) is 2.23.